The maximum Gasteiger partial charge on any atom is 0.244 e. The zero-order chi connectivity index (χ0) is 24.2. The van der Waals surface area contributed by atoms with Crippen molar-refractivity contribution in [3.8, 4) is 17.0 Å². The summed E-state index contributed by atoms with van der Waals surface area (Å²) >= 11 is 0. The number of aliphatic hydroxyl groups is 2. The molecule has 10 nitrogen and oxygen atoms in total. The second-order valence-electron chi connectivity index (χ2n) is 9.15. The lowest BCUT2D eigenvalue weighted by atomic mass is 10.0. The van der Waals surface area contributed by atoms with Crippen LogP contribution in [0.3, 0.4) is 0 Å². The first-order valence-corrected chi connectivity index (χ1v) is 12.2. The van der Waals surface area contributed by atoms with Crippen LogP contribution < -0.4 is 15.0 Å². The molecule has 0 saturated carbocycles. The molecule has 2 aromatic heterocycles. The molecular formula is C25H32N6O4. The number of carbonyl (C=O) groups excluding carboxylic acids is 1. The summed E-state index contributed by atoms with van der Waals surface area (Å²) in [5.74, 6) is 0.538. The summed E-state index contributed by atoms with van der Waals surface area (Å²) < 4.78 is 5.78. The summed E-state index contributed by atoms with van der Waals surface area (Å²) in [5, 5.41) is 30.3. The number of ether oxygens (including phenoxy) is 1. The average Bonchev–Trinajstić information content (AvgIpc) is 3.57. The molecule has 2 atom stereocenters. The van der Waals surface area contributed by atoms with Crippen molar-refractivity contribution in [3.63, 3.8) is 0 Å². The molecule has 0 spiro atoms. The van der Waals surface area contributed by atoms with Gasteiger partial charge >= 0.3 is 0 Å². The number of aromatic nitrogens is 3. The molecule has 2 aliphatic rings. The third-order valence-corrected chi connectivity index (χ3v) is 6.77. The minimum atomic E-state index is -1.00. The number of nitrogens with one attached hydrogen (secondary N) is 2. The minimum absolute atomic E-state index is 0.0804. The molecule has 0 unspecified atom stereocenters. The van der Waals surface area contributed by atoms with E-state index in [1.807, 2.05) is 41.4 Å². The Balaban J connectivity index is 1.43. The monoisotopic (exact) mass is 480 g/mol. The molecule has 4 N–H and O–H groups in total. The van der Waals surface area contributed by atoms with Crippen molar-refractivity contribution < 1.29 is 19.7 Å². The van der Waals surface area contributed by atoms with Gasteiger partial charge in [-0.15, -0.1) is 5.10 Å². The number of pyridine rings is 1. The third kappa shape index (κ3) is 5.09. The normalized spacial score (nSPS) is 19.3. The van der Waals surface area contributed by atoms with E-state index in [9.17, 15) is 15.0 Å². The van der Waals surface area contributed by atoms with Gasteiger partial charge in [0.25, 0.3) is 0 Å². The quantitative estimate of drug-likeness (QED) is 0.378. The highest BCUT2D eigenvalue weighted by Gasteiger charge is 2.28. The molecule has 3 aromatic rings. The lowest BCUT2D eigenvalue weighted by Crippen LogP contribution is -2.50. The fraction of sp³-hybridized carbons (Fsp3) is 0.480. The molecule has 0 radical (unpaired) electrons. The third-order valence-electron chi connectivity index (χ3n) is 6.77. The number of hydrogen-bond donors (Lipinski definition) is 4. The first kappa shape index (κ1) is 23.5. The van der Waals surface area contributed by atoms with Crippen LogP contribution in [-0.4, -0.2) is 94.3 Å². The van der Waals surface area contributed by atoms with Crippen molar-refractivity contribution in [1.29, 1.82) is 0 Å². The first-order chi connectivity index (χ1) is 17.1. The maximum atomic E-state index is 12.9. The Morgan fingerprint density at radius 3 is 2.71 bits per heavy atom. The van der Waals surface area contributed by atoms with Gasteiger partial charge in [-0.25, -0.2) is 4.98 Å². The lowest BCUT2D eigenvalue weighted by molar-refractivity contribution is -0.131. The Hall–Kier alpha value is -3.21. The van der Waals surface area contributed by atoms with E-state index in [0.717, 1.165) is 41.6 Å². The lowest BCUT2D eigenvalue weighted by Gasteiger charge is -2.37. The van der Waals surface area contributed by atoms with Crippen LogP contribution in [0.4, 0.5) is 5.69 Å². The number of H-pyrrole nitrogens is 1. The Labute approximate surface area is 203 Å². The zero-order valence-electron chi connectivity index (χ0n) is 19.7. The predicted octanol–water partition coefficient (Wildman–Crippen LogP) is 1.15. The van der Waals surface area contributed by atoms with E-state index in [2.05, 4.69) is 25.4 Å². The number of anilines is 1. The van der Waals surface area contributed by atoms with E-state index in [-0.39, 0.29) is 12.5 Å². The van der Waals surface area contributed by atoms with Crippen LogP contribution in [0, 0.1) is 0 Å². The Kier molecular flexibility index (Phi) is 7.12. The van der Waals surface area contributed by atoms with Crippen LogP contribution in [0.5, 0.6) is 5.88 Å². The van der Waals surface area contributed by atoms with Crippen molar-refractivity contribution in [2.75, 3.05) is 50.8 Å². The van der Waals surface area contributed by atoms with Gasteiger partial charge in [0.05, 0.1) is 12.3 Å². The highest BCUT2D eigenvalue weighted by atomic mass is 16.5. The smallest absolute Gasteiger partial charge is 0.244 e. The standard InChI is InChI=1S/C25H32N6O4/c32-15-19(33)16-35-25-22-23(20(14-27-24(22)28-29-25)17-5-2-1-3-6-17)31-11-9-30(10-12-31)21(34)13-18-7-4-8-26-18/h1-3,5-6,14,18-19,26,32-33H,4,7-13,15-16H2,(H,27,28,29)/t18-,19-/m0/s1. The summed E-state index contributed by atoms with van der Waals surface area (Å²) in [4.78, 5) is 21.7. The van der Waals surface area contributed by atoms with Crippen molar-refractivity contribution in [2.45, 2.75) is 31.4 Å². The summed E-state index contributed by atoms with van der Waals surface area (Å²) in [7, 11) is 0. The van der Waals surface area contributed by atoms with Gasteiger partial charge in [0.1, 0.15) is 18.1 Å². The van der Waals surface area contributed by atoms with Crippen molar-refractivity contribution in [2.24, 2.45) is 0 Å². The Bertz CT molecular complexity index is 1140. The molecule has 4 heterocycles. The topological polar surface area (TPSA) is 127 Å². The number of rotatable bonds is 8. The number of aromatic amines is 1. The van der Waals surface area contributed by atoms with Gasteiger partial charge in [0, 0.05) is 50.4 Å². The predicted molar refractivity (Wildman–Crippen MR) is 132 cm³/mol. The van der Waals surface area contributed by atoms with Crippen LogP contribution in [0.15, 0.2) is 36.5 Å². The summed E-state index contributed by atoms with van der Waals surface area (Å²) in [6.07, 6.45) is 3.59. The van der Waals surface area contributed by atoms with Gasteiger partial charge in [-0.2, -0.15) is 0 Å². The van der Waals surface area contributed by atoms with E-state index in [0.29, 0.717) is 50.2 Å². The highest BCUT2D eigenvalue weighted by Crippen LogP contribution is 2.40. The molecule has 186 valence electrons. The van der Waals surface area contributed by atoms with Crippen molar-refractivity contribution in [3.05, 3.63) is 36.5 Å². The average molecular weight is 481 g/mol. The number of aliphatic hydroxyl groups excluding tert-OH is 2. The van der Waals surface area contributed by atoms with E-state index in [4.69, 9.17) is 4.74 Å². The molecule has 2 fully saturated rings. The molecule has 2 aliphatic heterocycles. The number of hydrogen-bond acceptors (Lipinski definition) is 8. The van der Waals surface area contributed by atoms with E-state index in [1.165, 1.54) is 0 Å². The highest BCUT2D eigenvalue weighted by molar-refractivity contribution is 6.01. The van der Waals surface area contributed by atoms with Gasteiger partial charge in [-0.05, 0) is 24.9 Å². The van der Waals surface area contributed by atoms with E-state index < -0.39 is 12.7 Å². The Morgan fingerprint density at radius 1 is 1.20 bits per heavy atom. The second kappa shape index (κ2) is 10.6. The van der Waals surface area contributed by atoms with E-state index >= 15 is 0 Å². The van der Waals surface area contributed by atoms with Crippen molar-refractivity contribution in [1.82, 2.24) is 25.4 Å². The summed E-state index contributed by atoms with van der Waals surface area (Å²) in [6.45, 7) is 3.15. The number of piperazine rings is 1. The number of fused-ring (bicyclic) bond motifs is 1. The fourth-order valence-electron chi connectivity index (χ4n) is 4.89. The number of nitrogens with zero attached hydrogens (tertiary/aromatic N) is 4. The molecular weight excluding hydrogens is 448 g/mol. The first-order valence-electron chi connectivity index (χ1n) is 12.2. The van der Waals surface area contributed by atoms with E-state index in [1.54, 1.807) is 0 Å². The largest absolute Gasteiger partial charge is 0.473 e. The summed E-state index contributed by atoms with van der Waals surface area (Å²) in [6, 6.07) is 10.3. The molecule has 1 aromatic carbocycles. The fourth-order valence-corrected chi connectivity index (χ4v) is 4.89. The SMILES string of the molecule is O=C(C[C@@H]1CCCN1)N1CCN(c2c(-c3ccccc3)cnc3[nH]nc(OC[C@@H](O)CO)c23)CC1. The minimum Gasteiger partial charge on any atom is -0.473 e. The molecule has 10 heteroatoms. The number of carbonyl (C=O) groups is 1. The van der Waals surface area contributed by atoms with Gasteiger partial charge in [-0.3, -0.25) is 9.89 Å². The van der Waals surface area contributed by atoms with Crippen molar-refractivity contribution >= 4 is 22.6 Å². The van der Waals surface area contributed by atoms with Gasteiger partial charge in [0.15, 0.2) is 5.65 Å². The Morgan fingerprint density at radius 2 is 2.00 bits per heavy atom. The van der Waals surface area contributed by atoms with Gasteiger partial charge in [-0.1, -0.05) is 30.3 Å². The molecule has 35 heavy (non-hydrogen) atoms. The number of amides is 1. The van der Waals surface area contributed by atoms with Gasteiger partial charge < -0.3 is 30.1 Å². The summed E-state index contributed by atoms with van der Waals surface area (Å²) in [5.41, 5.74) is 3.49. The molecule has 1 amide bonds. The van der Waals surface area contributed by atoms with Gasteiger partial charge in [0.2, 0.25) is 11.8 Å². The maximum absolute atomic E-state index is 12.9. The van der Waals surface area contributed by atoms with Crippen LogP contribution in [0.25, 0.3) is 22.2 Å². The molecule has 5 rings (SSSR count). The van der Waals surface area contributed by atoms with Crippen LogP contribution in [-0.2, 0) is 4.79 Å². The number of benzene rings is 1. The molecule has 0 aliphatic carbocycles. The van der Waals surface area contributed by atoms with Crippen LogP contribution >= 0.6 is 0 Å². The zero-order valence-corrected chi connectivity index (χ0v) is 19.7. The van der Waals surface area contributed by atoms with Crippen LogP contribution in [0.2, 0.25) is 0 Å². The molecule has 0 bridgehead atoms. The van der Waals surface area contributed by atoms with Crippen LogP contribution in [0.1, 0.15) is 19.3 Å². The second-order valence-corrected chi connectivity index (χ2v) is 9.15. The molecule has 2 saturated heterocycles.